The second-order valence-corrected chi connectivity index (χ2v) is 7.50. The SMILES string of the molecule is O=c1oc2c(c3c(=O)oc4c(c13)[C@@H]1CC[C@@H]4C1)[C@H]1CC[C@@H]2C1. The number of fused-ring (bicyclic) bond motifs is 13. The van der Waals surface area contributed by atoms with E-state index in [0.717, 1.165) is 61.2 Å². The van der Waals surface area contributed by atoms with Crippen molar-refractivity contribution in [2.24, 2.45) is 0 Å². The maximum atomic E-state index is 12.7. The van der Waals surface area contributed by atoms with Crippen LogP contribution in [0.15, 0.2) is 18.4 Å². The molecule has 2 aromatic heterocycles. The molecule has 0 unspecified atom stereocenters. The van der Waals surface area contributed by atoms with E-state index < -0.39 is 0 Å². The highest BCUT2D eigenvalue weighted by Gasteiger charge is 2.46. The first-order chi connectivity index (χ1) is 10.7. The Kier molecular flexibility index (Phi) is 1.89. The van der Waals surface area contributed by atoms with Gasteiger partial charge in [-0.1, -0.05) is 0 Å². The Morgan fingerprint density at radius 3 is 1.50 bits per heavy atom. The summed E-state index contributed by atoms with van der Waals surface area (Å²) < 4.78 is 11.4. The van der Waals surface area contributed by atoms with Gasteiger partial charge in [-0.2, -0.15) is 0 Å². The lowest BCUT2D eigenvalue weighted by Crippen LogP contribution is -2.18. The Morgan fingerprint density at radius 1 is 0.636 bits per heavy atom. The lowest BCUT2D eigenvalue weighted by atomic mass is 9.89. The number of hydrogen-bond donors (Lipinski definition) is 0. The van der Waals surface area contributed by atoms with E-state index in [9.17, 15) is 9.59 Å². The molecule has 4 aliphatic carbocycles. The highest BCUT2D eigenvalue weighted by atomic mass is 16.4. The third kappa shape index (κ3) is 1.15. The lowest BCUT2D eigenvalue weighted by Gasteiger charge is -2.19. The van der Waals surface area contributed by atoms with Gasteiger partial charge < -0.3 is 8.83 Å². The Balaban J connectivity index is 1.83. The Morgan fingerprint density at radius 2 is 1.05 bits per heavy atom. The maximum Gasteiger partial charge on any atom is 0.344 e. The Hall–Kier alpha value is -1.84. The summed E-state index contributed by atoms with van der Waals surface area (Å²) >= 11 is 0. The predicted molar refractivity (Wildman–Crippen MR) is 79.7 cm³/mol. The fourth-order valence-corrected chi connectivity index (χ4v) is 5.73. The molecular weight excluding hydrogens is 280 g/mol. The first-order valence-electron chi connectivity index (χ1n) is 8.40. The van der Waals surface area contributed by atoms with Crippen LogP contribution >= 0.6 is 0 Å². The van der Waals surface area contributed by atoms with Gasteiger partial charge in [0.2, 0.25) is 0 Å². The molecular formula is C18H16O4. The van der Waals surface area contributed by atoms with Crippen molar-refractivity contribution in [1.29, 1.82) is 0 Å². The molecule has 22 heavy (non-hydrogen) atoms. The smallest absolute Gasteiger partial charge is 0.344 e. The standard InChI is InChI=1S/C18H16O4/c19-17-13-11-7-1-3-9(5-7)15(11)21-18(20)14(13)12-8-2-4-10(6-8)16(12)22-17/h7-10H,1-6H2/t7-,8+,9-,10-/m1/s1. The quantitative estimate of drug-likeness (QED) is 0.746. The van der Waals surface area contributed by atoms with Crippen molar-refractivity contribution in [2.75, 3.05) is 0 Å². The molecule has 0 aliphatic heterocycles. The second-order valence-electron chi connectivity index (χ2n) is 7.50. The highest BCUT2D eigenvalue weighted by molar-refractivity contribution is 5.89. The average Bonchev–Trinajstić information content (AvgIpc) is 3.27. The topological polar surface area (TPSA) is 60.4 Å². The van der Waals surface area contributed by atoms with Crippen molar-refractivity contribution < 1.29 is 8.83 Å². The van der Waals surface area contributed by atoms with Gasteiger partial charge in [-0.3, -0.25) is 0 Å². The second kappa shape index (κ2) is 3.55. The molecule has 2 heterocycles. The van der Waals surface area contributed by atoms with Gasteiger partial charge in [0.1, 0.15) is 11.5 Å². The van der Waals surface area contributed by atoms with Gasteiger partial charge in [0.05, 0.1) is 10.8 Å². The molecule has 0 saturated heterocycles. The summed E-state index contributed by atoms with van der Waals surface area (Å²) in [5.41, 5.74) is 1.39. The summed E-state index contributed by atoms with van der Waals surface area (Å²) in [4.78, 5) is 25.3. The molecule has 112 valence electrons. The number of rotatable bonds is 0. The van der Waals surface area contributed by atoms with Crippen LogP contribution in [-0.2, 0) is 0 Å². The molecule has 4 nitrogen and oxygen atoms in total. The first-order valence-corrected chi connectivity index (χ1v) is 8.40. The predicted octanol–water partition coefficient (Wildman–Crippen LogP) is 3.48. The van der Waals surface area contributed by atoms with E-state index in [1.54, 1.807) is 0 Å². The van der Waals surface area contributed by atoms with Gasteiger partial charge in [-0.05, 0) is 50.4 Å². The molecule has 4 atom stereocenters. The minimum Gasteiger partial charge on any atom is -0.427 e. The minimum absolute atomic E-state index is 0.307. The van der Waals surface area contributed by atoms with E-state index >= 15 is 0 Å². The third-order valence-corrected chi connectivity index (χ3v) is 6.56. The van der Waals surface area contributed by atoms with Gasteiger partial charge in [0.15, 0.2) is 0 Å². The molecule has 4 heteroatoms. The van der Waals surface area contributed by atoms with E-state index in [2.05, 4.69) is 0 Å². The Labute approximate surface area is 126 Å². The summed E-state index contributed by atoms with van der Waals surface area (Å²) in [6.07, 6.45) is 6.41. The lowest BCUT2D eigenvalue weighted by molar-refractivity contribution is 0.417. The van der Waals surface area contributed by atoms with Crippen LogP contribution in [0, 0.1) is 0 Å². The molecule has 0 N–H and O–H groups in total. The van der Waals surface area contributed by atoms with Crippen molar-refractivity contribution in [3.63, 3.8) is 0 Å². The van der Waals surface area contributed by atoms with Gasteiger partial charge >= 0.3 is 11.3 Å². The molecule has 4 bridgehead atoms. The molecule has 4 aliphatic rings. The van der Waals surface area contributed by atoms with Crippen LogP contribution in [0.4, 0.5) is 0 Å². The maximum absolute atomic E-state index is 12.7. The molecule has 0 amide bonds. The zero-order chi connectivity index (χ0) is 14.6. The van der Waals surface area contributed by atoms with Crippen LogP contribution in [0.5, 0.6) is 0 Å². The van der Waals surface area contributed by atoms with Crippen LogP contribution in [0.2, 0.25) is 0 Å². The van der Waals surface area contributed by atoms with Crippen molar-refractivity contribution in [1.82, 2.24) is 0 Å². The monoisotopic (exact) mass is 296 g/mol. The summed E-state index contributed by atoms with van der Waals surface area (Å²) in [6.45, 7) is 0. The van der Waals surface area contributed by atoms with Crippen molar-refractivity contribution in [3.05, 3.63) is 43.5 Å². The van der Waals surface area contributed by atoms with Gasteiger partial charge in [-0.15, -0.1) is 0 Å². The van der Waals surface area contributed by atoms with E-state index in [1.165, 1.54) is 0 Å². The summed E-state index contributed by atoms with van der Waals surface area (Å²) in [7, 11) is 0. The van der Waals surface area contributed by atoms with Gasteiger partial charge in [-0.25, -0.2) is 9.59 Å². The molecule has 2 saturated carbocycles. The first kappa shape index (κ1) is 11.7. The van der Waals surface area contributed by atoms with Crippen molar-refractivity contribution in [3.8, 4) is 0 Å². The fourth-order valence-electron chi connectivity index (χ4n) is 5.73. The van der Waals surface area contributed by atoms with E-state index in [1.807, 2.05) is 0 Å². The van der Waals surface area contributed by atoms with Crippen molar-refractivity contribution >= 4 is 10.8 Å². The highest BCUT2D eigenvalue weighted by Crippen LogP contribution is 2.57. The van der Waals surface area contributed by atoms with E-state index in [-0.39, 0.29) is 11.3 Å². The molecule has 2 fully saturated rings. The van der Waals surface area contributed by atoms with Crippen LogP contribution in [0.1, 0.15) is 84.8 Å². The summed E-state index contributed by atoms with van der Waals surface area (Å²) in [5.74, 6) is 2.99. The zero-order valence-corrected chi connectivity index (χ0v) is 12.2. The number of hydrogen-bond acceptors (Lipinski definition) is 4. The molecule has 0 aromatic carbocycles. The minimum atomic E-state index is -0.307. The van der Waals surface area contributed by atoms with Crippen LogP contribution in [-0.4, -0.2) is 0 Å². The molecule has 2 aromatic rings. The summed E-state index contributed by atoms with van der Waals surface area (Å²) in [6, 6.07) is 0. The van der Waals surface area contributed by atoms with E-state index in [4.69, 9.17) is 8.83 Å². The zero-order valence-electron chi connectivity index (χ0n) is 12.2. The summed E-state index contributed by atoms with van der Waals surface area (Å²) in [5, 5.41) is 1.12. The largest absolute Gasteiger partial charge is 0.427 e. The third-order valence-electron chi connectivity index (χ3n) is 6.56. The Bertz CT molecular complexity index is 884. The van der Waals surface area contributed by atoms with Gasteiger partial charge in [0.25, 0.3) is 0 Å². The molecule has 0 spiro atoms. The average molecular weight is 296 g/mol. The molecule has 6 rings (SSSR count). The van der Waals surface area contributed by atoms with Crippen molar-refractivity contribution in [2.45, 2.75) is 62.2 Å². The van der Waals surface area contributed by atoms with E-state index in [0.29, 0.717) is 34.4 Å². The van der Waals surface area contributed by atoms with Crippen LogP contribution in [0.25, 0.3) is 10.8 Å². The normalized spacial score (nSPS) is 33.6. The molecule has 0 radical (unpaired) electrons. The van der Waals surface area contributed by atoms with Crippen LogP contribution in [0.3, 0.4) is 0 Å². The fraction of sp³-hybridized carbons (Fsp3) is 0.556. The van der Waals surface area contributed by atoms with Crippen LogP contribution < -0.4 is 11.3 Å². The van der Waals surface area contributed by atoms with Gasteiger partial charge in [0, 0.05) is 23.0 Å².